The van der Waals surface area contributed by atoms with Gasteiger partial charge in [-0.15, -0.1) is 11.8 Å². The second-order valence-electron chi connectivity index (χ2n) is 4.87. The molecule has 1 amide bonds. The maximum absolute atomic E-state index is 12.5. The Morgan fingerprint density at radius 2 is 2.28 bits per heavy atom. The summed E-state index contributed by atoms with van der Waals surface area (Å²) < 4.78 is 0. The van der Waals surface area contributed by atoms with Crippen LogP contribution >= 0.6 is 11.8 Å². The number of aliphatic carboxylic acids is 1. The molecule has 102 valence electrons. The Kier molecular flexibility index (Phi) is 4.50. The molecule has 2 heterocycles. The number of rotatable bonds is 4. The number of nitrogens with one attached hydrogen (secondary N) is 1. The van der Waals surface area contributed by atoms with Gasteiger partial charge < -0.3 is 15.3 Å². The molecule has 0 aromatic carbocycles. The van der Waals surface area contributed by atoms with Crippen molar-refractivity contribution >= 4 is 23.6 Å². The van der Waals surface area contributed by atoms with Crippen LogP contribution < -0.4 is 5.32 Å². The number of hydrogen-bond acceptors (Lipinski definition) is 4. The first-order valence-electron chi connectivity index (χ1n) is 6.52. The van der Waals surface area contributed by atoms with E-state index in [0.717, 1.165) is 25.8 Å². The van der Waals surface area contributed by atoms with E-state index in [4.69, 9.17) is 0 Å². The van der Waals surface area contributed by atoms with Crippen molar-refractivity contribution in [2.24, 2.45) is 5.92 Å². The zero-order valence-electron chi connectivity index (χ0n) is 10.6. The third-order valence-electron chi connectivity index (χ3n) is 3.58. The SMILES string of the molecule is CCCC1SCC(C(=O)O)N1C(=O)C1CCNC1. The molecule has 0 bridgehead atoms. The average molecular weight is 272 g/mol. The molecule has 2 aliphatic rings. The molecule has 0 aromatic heterocycles. The third kappa shape index (κ3) is 2.64. The van der Waals surface area contributed by atoms with Gasteiger partial charge in [0.1, 0.15) is 6.04 Å². The summed E-state index contributed by atoms with van der Waals surface area (Å²) in [6.45, 7) is 3.60. The maximum Gasteiger partial charge on any atom is 0.327 e. The van der Waals surface area contributed by atoms with Crippen molar-refractivity contribution in [3.63, 3.8) is 0 Å². The molecule has 3 unspecified atom stereocenters. The normalized spacial score (nSPS) is 31.8. The Labute approximate surface area is 111 Å². The largest absolute Gasteiger partial charge is 0.480 e. The quantitative estimate of drug-likeness (QED) is 0.790. The van der Waals surface area contributed by atoms with Gasteiger partial charge in [-0.25, -0.2) is 4.79 Å². The molecule has 18 heavy (non-hydrogen) atoms. The highest BCUT2D eigenvalue weighted by atomic mass is 32.2. The minimum absolute atomic E-state index is 0.0239. The van der Waals surface area contributed by atoms with Crippen LogP contribution in [-0.2, 0) is 9.59 Å². The lowest BCUT2D eigenvalue weighted by atomic mass is 10.1. The Bertz CT molecular complexity index is 331. The van der Waals surface area contributed by atoms with Gasteiger partial charge in [0.05, 0.1) is 11.3 Å². The lowest BCUT2D eigenvalue weighted by Crippen LogP contribution is -2.48. The number of thioether (sulfide) groups is 1. The molecule has 2 rings (SSSR count). The van der Waals surface area contributed by atoms with Crippen LogP contribution in [0.2, 0.25) is 0 Å². The van der Waals surface area contributed by atoms with Gasteiger partial charge >= 0.3 is 5.97 Å². The Morgan fingerprint density at radius 1 is 1.50 bits per heavy atom. The first kappa shape index (κ1) is 13.7. The number of amides is 1. The fourth-order valence-corrected chi connectivity index (χ4v) is 4.12. The number of hydrogen-bond donors (Lipinski definition) is 2. The lowest BCUT2D eigenvalue weighted by Gasteiger charge is -2.29. The van der Waals surface area contributed by atoms with Gasteiger partial charge in [0.15, 0.2) is 0 Å². The average Bonchev–Trinajstić information content (AvgIpc) is 2.97. The van der Waals surface area contributed by atoms with Crippen molar-refractivity contribution in [2.75, 3.05) is 18.8 Å². The summed E-state index contributed by atoms with van der Waals surface area (Å²) in [5.41, 5.74) is 0. The molecule has 2 saturated heterocycles. The molecule has 2 fully saturated rings. The zero-order valence-corrected chi connectivity index (χ0v) is 11.4. The maximum atomic E-state index is 12.5. The van der Waals surface area contributed by atoms with Gasteiger partial charge in [-0.1, -0.05) is 13.3 Å². The molecule has 0 aromatic rings. The van der Waals surface area contributed by atoms with Crippen molar-refractivity contribution < 1.29 is 14.7 Å². The van der Waals surface area contributed by atoms with Crippen LogP contribution in [0.4, 0.5) is 0 Å². The minimum Gasteiger partial charge on any atom is -0.480 e. The molecular weight excluding hydrogens is 252 g/mol. The van der Waals surface area contributed by atoms with E-state index in [9.17, 15) is 14.7 Å². The van der Waals surface area contributed by atoms with E-state index >= 15 is 0 Å². The molecular formula is C12H20N2O3S. The van der Waals surface area contributed by atoms with Gasteiger partial charge in [-0.2, -0.15) is 0 Å². The van der Waals surface area contributed by atoms with E-state index in [1.165, 1.54) is 0 Å². The number of carbonyl (C=O) groups excluding carboxylic acids is 1. The monoisotopic (exact) mass is 272 g/mol. The molecule has 2 N–H and O–H groups in total. The standard InChI is InChI=1S/C12H20N2O3S/c1-2-3-10-14(9(7-18-10)12(16)17)11(15)8-4-5-13-6-8/h8-10,13H,2-7H2,1H3,(H,16,17). The fourth-order valence-electron chi connectivity index (χ4n) is 2.59. The van der Waals surface area contributed by atoms with Gasteiger partial charge in [-0.3, -0.25) is 4.79 Å². The van der Waals surface area contributed by atoms with E-state index in [1.807, 2.05) is 0 Å². The van der Waals surface area contributed by atoms with E-state index in [2.05, 4.69) is 12.2 Å². The Morgan fingerprint density at radius 3 is 2.83 bits per heavy atom. The van der Waals surface area contributed by atoms with Gasteiger partial charge in [0, 0.05) is 12.3 Å². The molecule has 5 nitrogen and oxygen atoms in total. The van der Waals surface area contributed by atoms with Gasteiger partial charge in [0.25, 0.3) is 0 Å². The first-order chi connectivity index (χ1) is 8.65. The highest BCUT2D eigenvalue weighted by Crippen LogP contribution is 2.34. The van der Waals surface area contributed by atoms with E-state index in [0.29, 0.717) is 12.3 Å². The van der Waals surface area contributed by atoms with Crippen molar-refractivity contribution in [3.8, 4) is 0 Å². The number of nitrogens with zero attached hydrogens (tertiary/aromatic N) is 1. The Balaban J connectivity index is 2.11. The van der Waals surface area contributed by atoms with Crippen molar-refractivity contribution in [1.82, 2.24) is 10.2 Å². The fraction of sp³-hybridized carbons (Fsp3) is 0.833. The van der Waals surface area contributed by atoms with Crippen molar-refractivity contribution in [2.45, 2.75) is 37.6 Å². The molecule has 6 heteroatoms. The van der Waals surface area contributed by atoms with Crippen LogP contribution in [0.25, 0.3) is 0 Å². The van der Waals surface area contributed by atoms with Gasteiger partial charge in [-0.05, 0) is 19.4 Å². The summed E-state index contributed by atoms with van der Waals surface area (Å²) in [5, 5.41) is 12.4. The van der Waals surface area contributed by atoms with Gasteiger partial charge in [0.2, 0.25) is 5.91 Å². The van der Waals surface area contributed by atoms with Crippen molar-refractivity contribution in [1.29, 1.82) is 0 Å². The smallest absolute Gasteiger partial charge is 0.327 e. The van der Waals surface area contributed by atoms with Crippen LogP contribution in [0.15, 0.2) is 0 Å². The minimum atomic E-state index is -0.875. The number of carboxylic acid groups (broad SMARTS) is 1. The number of carboxylic acids is 1. The lowest BCUT2D eigenvalue weighted by molar-refractivity contribution is -0.150. The van der Waals surface area contributed by atoms with Crippen LogP contribution in [0.5, 0.6) is 0 Å². The molecule has 2 aliphatic heterocycles. The molecule has 0 aliphatic carbocycles. The topological polar surface area (TPSA) is 69.6 Å². The van der Waals surface area contributed by atoms with Crippen LogP contribution in [0.3, 0.4) is 0 Å². The highest BCUT2D eigenvalue weighted by Gasteiger charge is 2.43. The summed E-state index contributed by atoms with van der Waals surface area (Å²) in [6.07, 6.45) is 2.67. The predicted molar refractivity (Wildman–Crippen MR) is 70.4 cm³/mol. The van der Waals surface area contributed by atoms with E-state index in [1.54, 1.807) is 16.7 Å². The summed E-state index contributed by atoms with van der Waals surface area (Å²) in [6, 6.07) is -0.639. The zero-order chi connectivity index (χ0) is 13.1. The summed E-state index contributed by atoms with van der Waals surface area (Å²) in [7, 11) is 0. The van der Waals surface area contributed by atoms with Crippen LogP contribution in [-0.4, -0.2) is 52.1 Å². The highest BCUT2D eigenvalue weighted by molar-refractivity contribution is 8.00. The van der Waals surface area contributed by atoms with Crippen LogP contribution in [0, 0.1) is 5.92 Å². The van der Waals surface area contributed by atoms with Crippen molar-refractivity contribution in [3.05, 3.63) is 0 Å². The molecule has 0 saturated carbocycles. The predicted octanol–water partition coefficient (Wildman–Crippen LogP) is 0.751. The second-order valence-corrected chi connectivity index (χ2v) is 6.08. The van der Waals surface area contributed by atoms with E-state index in [-0.39, 0.29) is 17.2 Å². The Hall–Kier alpha value is -0.750. The van der Waals surface area contributed by atoms with E-state index < -0.39 is 12.0 Å². The second kappa shape index (κ2) is 5.93. The number of carbonyl (C=O) groups is 2. The first-order valence-corrected chi connectivity index (χ1v) is 7.57. The summed E-state index contributed by atoms with van der Waals surface area (Å²) >= 11 is 1.60. The van der Waals surface area contributed by atoms with Crippen LogP contribution in [0.1, 0.15) is 26.2 Å². The molecule has 0 spiro atoms. The summed E-state index contributed by atoms with van der Waals surface area (Å²) in [5.74, 6) is -0.368. The molecule has 0 radical (unpaired) electrons. The third-order valence-corrected chi connectivity index (χ3v) is 4.93. The summed E-state index contributed by atoms with van der Waals surface area (Å²) in [4.78, 5) is 25.3. The molecule has 3 atom stereocenters.